The number of aryl methyl sites for hydroxylation is 2. The van der Waals surface area contributed by atoms with Crippen molar-refractivity contribution in [2.45, 2.75) is 25.3 Å². The number of sulfonamides is 1. The van der Waals surface area contributed by atoms with Crippen LogP contribution in [0.25, 0.3) is 21.3 Å². The lowest BCUT2D eigenvalue weighted by Crippen LogP contribution is -2.31. The molecule has 0 saturated carbocycles. The number of aromatic nitrogens is 2. The molecule has 1 aliphatic heterocycles. The average Bonchev–Trinajstić information content (AvgIpc) is 3.25. The van der Waals surface area contributed by atoms with Crippen LogP contribution in [0.2, 0.25) is 0 Å². The van der Waals surface area contributed by atoms with Crippen LogP contribution in [-0.2, 0) is 16.6 Å². The largest absolute Gasteiger partial charge is 0.308 e. The van der Waals surface area contributed by atoms with Crippen LogP contribution < -0.4 is 5.56 Å². The molecular weight excluding hydrogens is 434 g/mol. The van der Waals surface area contributed by atoms with E-state index in [-0.39, 0.29) is 28.4 Å². The van der Waals surface area contributed by atoms with Crippen LogP contribution in [0.5, 0.6) is 0 Å². The highest BCUT2D eigenvalue weighted by molar-refractivity contribution is 7.90. The number of amides is 1. The number of nitrogens with one attached hydrogen (secondary N) is 1. The van der Waals surface area contributed by atoms with Gasteiger partial charge >= 0.3 is 0 Å². The van der Waals surface area contributed by atoms with Crippen molar-refractivity contribution in [1.29, 1.82) is 0 Å². The number of hydrogen-bond donors (Lipinski definition) is 1. The van der Waals surface area contributed by atoms with Crippen molar-refractivity contribution in [3.05, 3.63) is 80.7 Å². The monoisotopic (exact) mass is 451 g/mol. The van der Waals surface area contributed by atoms with E-state index in [1.54, 1.807) is 12.1 Å². The predicted molar refractivity (Wildman–Crippen MR) is 119 cm³/mol. The van der Waals surface area contributed by atoms with Crippen LogP contribution in [0, 0.1) is 13.8 Å². The van der Waals surface area contributed by atoms with Gasteiger partial charge in [-0.25, -0.2) is 17.7 Å². The summed E-state index contributed by atoms with van der Waals surface area (Å²) in [6.45, 7) is 3.70. The molecule has 2 aromatic heterocycles. The lowest BCUT2D eigenvalue weighted by Gasteiger charge is -2.14. The van der Waals surface area contributed by atoms with Gasteiger partial charge < -0.3 is 4.98 Å². The Morgan fingerprint density at radius 1 is 1.03 bits per heavy atom. The van der Waals surface area contributed by atoms with Gasteiger partial charge in [-0.1, -0.05) is 30.3 Å². The van der Waals surface area contributed by atoms with Crippen molar-refractivity contribution < 1.29 is 13.2 Å². The van der Waals surface area contributed by atoms with Gasteiger partial charge in [0.05, 0.1) is 17.5 Å². The minimum Gasteiger partial charge on any atom is -0.308 e. The molecule has 1 aliphatic rings. The van der Waals surface area contributed by atoms with Gasteiger partial charge in [0.2, 0.25) is 0 Å². The van der Waals surface area contributed by atoms with Crippen LogP contribution in [0.1, 0.15) is 27.3 Å². The first-order chi connectivity index (χ1) is 14.8. The molecule has 0 radical (unpaired) electrons. The van der Waals surface area contributed by atoms with E-state index in [1.165, 1.54) is 23.5 Å². The smallest absolute Gasteiger partial charge is 0.269 e. The molecule has 31 heavy (non-hydrogen) atoms. The van der Waals surface area contributed by atoms with Gasteiger partial charge in [-0.05, 0) is 42.7 Å². The van der Waals surface area contributed by atoms with Gasteiger partial charge in [0.1, 0.15) is 15.6 Å². The molecule has 1 N–H and O–H groups in total. The normalized spacial score (nSPS) is 14.9. The molecule has 0 saturated heterocycles. The second-order valence-corrected chi connectivity index (χ2v) is 10.1. The first-order valence-electron chi connectivity index (χ1n) is 9.51. The Labute approximate surface area is 182 Å². The van der Waals surface area contributed by atoms with E-state index < -0.39 is 15.9 Å². The molecular formula is C22H17N3O4S2. The SMILES string of the molecule is Cc1ccc(-c2csc3nc(CN4C(=O)c5ccccc5S4(=O)=O)[nH]c(=O)c23)cc1C. The van der Waals surface area contributed by atoms with Crippen LogP contribution in [-0.4, -0.2) is 28.6 Å². The summed E-state index contributed by atoms with van der Waals surface area (Å²) in [6.07, 6.45) is 0. The predicted octanol–water partition coefficient (Wildman–Crippen LogP) is 3.61. The van der Waals surface area contributed by atoms with Crippen molar-refractivity contribution in [3.8, 4) is 11.1 Å². The third-order valence-electron chi connectivity index (χ3n) is 5.52. The first-order valence-corrected chi connectivity index (χ1v) is 11.8. The third kappa shape index (κ3) is 3.00. The summed E-state index contributed by atoms with van der Waals surface area (Å²) in [5.74, 6) is -0.504. The summed E-state index contributed by atoms with van der Waals surface area (Å²) in [6, 6.07) is 12.0. The second-order valence-electron chi connectivity index (χ2n) is 7.45. The number of benzene rings is 2. The Kier molecular flexibility index (Phi) is 4.35. The molecule has 3 heterocycles. The molecule has 156 valence electrons. The molecule has 1 amide bonds. The van der Waals surface area contributed by atoms with E-state index in [0.29, 0.717) is 10.2 Å². The second kappa shape index (κ2) is 6.86. The summed E-state index contributed by atoms with van der Waals surface area (Å²) >= 11 is 1.31. The highest BCUT2D eigenvalue weighted by Crippen LogP contribution is 2.33. The molecule has 2 aromatic carbocycles. The van der Waals surface area contributed by atoms with E-state index in [2.05, 4.69) is 9.97 Å². The molecule has 0 unspecified atom stereocenters. The van der Waals surface area contributed by atoms with Crippen molar-refractivity contribution >= 4 is 37.5 Å². The molecule has 0 fully saturated rings. The van der Waals surface area contributed by atoms with Crippen molar-refractivity contribution in [2.75, 3.05) is 0 Å². The lowest BCUT2D eigenvalue weighted by atomic mass is 10.0. The van der Waals surface area contributed by atoms with Crippen LogP contribution in [0.4, 0.5) is 0 Å². The van der Waals surface area contributed by atoms with Crippen LogP contribution >= 0.6 is 11.3 Å². The number of thiophene rings is 1. The third-order valence-corrected chi connectivity index (χ3v) is 8.18. The van der Waals surface area contributed by atoms with E-state index in [0.717, 1.165) is 26.6 Å². The van der Waals surface area contributed by atoms with E-state index in [4.69, 9.17) is 0 Å². The molecule has 5 rings (SSSR count). The summed E-state index contributed by atoms with van der Waals surface area (Å²) in [5.41, 5.74) is 3.74. The Balaban J connectivity index is 1.56. The molecule has 9 heteroatoms. The maximum atomic E-state index is 12.9. The number of H-pyrrole nitrogens is 1. The fraction of sp³-hybridized carbons (Fsp3) is 0.136. The van der Waals surface area contributed by atoms with Crippen molar-refractivity contribution in [2.24, 2.45) is 0 Å². The topological polar surface area (TPSA) is 100 Å². The molecule has 4 aromatic rings. The fourth-order valence-electron chi connectivity index (χ4n) is 3.71. The van der Waals surface area contributed by atoms with Gasteiger partial charge in [-0.15, -0.1) is 11.3 Å². The average molecular weight is 452 g/mol. The van der Waals surface area contributed by atoms with Crippen molar-refractivity contribution in [3.63, 3.8) is 0 Å². The minimum absolute atomic E-state index is 0.0309. The van der Waals surface area contributed by atoms with Gasteiger partial charge in [-0.2, -0.15) is 0 Å². The number of carbonyl (C=O) groups is 1. The summed E-state index contributed by atoms with van der Waals surface area (Å²) in [7, 11) is -3.98. The lowest BCUT2D eigenvalue weighted by molar-refractivity contribution is 0.0862. The highest BCUT2D eigenvalue weighted by Gasteiger charge is 2.41. The maximum absolute atomic E-state index is 12.9. The molecule has 7 nitrogen and oxygen atoms in total. The zero-order chi connectivity index (χ0) is 21.9. The van der Waals surface area contributed by atoms with E-state index in [9.17, 15) is 18.0 Å². The van der Waals surface area contributed by atoms with Gasteiger partial charge in [0.15, 0.2) is 0 Å². The molecule has 0 atom stereocenters. The minimum atomic E-state index is -3.98. The maximum Gasteiger partial charge on any atom is 0.269 e. The quantitative estimate of drug-likeness (QED) is 0.513. The fourth-order valence-corrected chi connectivity index (χ4v) is 6.21. The van der Waals surface area contributed by atoms with Gasteiger partial charge in [-0.3, -0.25) is 9.59 Å². The number of hydrogen-bond acceptors (Lipinski definition) is 6. The van der Waals surface area contributed by atoms with E-state index in [1.807, 2.05) is 37.4 Å². The number of nitrogens with zero attached hydrogens (tertiary/aromatic N) is 2. The first kappa shape index (κ1) is 19.7. The summed E-state index contributed by atoms with van der Waals surface area (Å²) in [4.78, 5) is 33.1. The number of aromatic amines is 1. The molecule has 0 bridgehead atoms. The zero-order valence-corrected chi connectivity index (χ0v) is 18.3. The van der Waals surface area contributed by atoms with Crippen molar-refractivity contribution in [1.82, 2.24) is 14.3 Å². The Hall–Kier alpha value is -3.30. The summed E-state index contributed by atoms with van der Waals surface area (Å²) < 4.78 is 26.3. The Bertz CT molecular complexity index is 1550. The van der Waals surface area contributed by atoms with Gasteiger partial charge in [0, 0.05) is 10.9 Å². The molecule has 0 spiro atoms. The molecule has 0 aliphatic carbocycles. The van der Waals surface area contributed by atoms with Gasteiger partial charge in [0.25, 0.3) is 21.5 Å². The zero-order valence-electron chi connectivity index (χ0n) is 16.7. The van der Waals surface area contributed by atoms with Crippen LogP contribution in [0.15, 0.2) is 57.5 Å². The summed E-state index contributed by atoms with van der Waals surface area (Å²) in [5, 5.41) is 2.32. The number of carbonyl (C=O) groups excluding carboxylic acids is 1. The highest BCUT2D eigenvalue weighted by atomic mass is 32.2. The number of fused-ring (bicyclic) bond motifs is 2. The van der Waals surface area contributed by atoms with E-state index >= 15 is 0 Å². The number of rotatable bonds is 3. The standard InChI is InChI=1S/C22H17N3O4S2/c1-12-7-8-14(9-13(12)2)16-11-30-21-19(16)20(26)23-18(24-21)10-25-22(27)15-5-3-4-6-17(15)31(25,28)29/h3-9,11H,10H2,1-2H3,(H,23,24,26). The Morgan fingerprint density at radius 3 is 2.55 bits per heavy atom. The van der Waals surface area contributed by atoms with Crippen LogP contribution in [0.3, 0.4) is 0 Å². The Morgan fingerprint density at radius 2 is 1.81 bits per heavy atom.